The second-order valence-corrected chi connectivity index (χ2v) is 5.50. The van der Waals surface area contributed by atoms with Crippen LogP contribution in [0, 0.1) is 0 Å². The molecule has 116 valence electrons. The van der Waals surface area contributed by atoms with E-state index in [0.29, 0.717) is 6.04 Å². The summed E-state index contributed by atoms with van der Waals surface area (Å²) in [5.74, 6) is 0.971. The molecule has 0 aromatic carbocycles. The summed E-state index contributed by atoms with van der Waals surface area (Å²) in [5.41, 5.74) is 0. The molecule has 0 spiro atoms. The number of imidazole rings is 1. The number of nitrogens with zero attached hydrogens (tertiary/aromatic N) is 3. The predicted molar refractivity (Wildman–Crippen MR) is 84.2 cm³/mol. The molecule has 20 heavy (non-hydrogen) atoms. The molecule has 0 amide bonds. The fourth-order valence-corrected chi connectivity index (χ4v) is 1.98. The Balaban J connectivity index is 2.17. The van der Waals surface area contributed by atoms with Crippen molar-refractivity contribution in [2.45, 2.75) is 45.7 Å². The number of rotatable bonds is 11. The highest BCUT2D eigenvalue weighted by molar-refractivity contribution is 5.25. The van der Waals surface area contributed by atoms with Gasteiger partial charge in [-0.2, -0.15) is 0 Å². The molecule has 0 fully saturated rings. The van der Waals surface area contributed by atoms with Crippen molar-refractivity contribution in [3.8, 4) is 0 Å². The Hall–Kier alpha value is -1.07. The first-order valence-corrected chi connectivity index (χ1v) is 7.59. The molecule has 1 heterocycles. The van der Waals surface area contributed by atoms with Crippen LogP contribution in [0.4, 0.5) is 5.95 Å². The van der Waals surface area contributed by atoms with Crippen LogP contribution < -0.4 is 5.32 Å². The molecule has 0 bridgehead atoms. The van der Waals surface area contributed by atoms with Crippen molar-refractivity contribution in [3.63, 3.8) is 0 Å². The van der Waals surface area contributed by atoms with Gasteiger partial charge in [0.15, 0.2) is 0 Å². The summed E-state index contributed by atoms with van der Waals surface area (Å²) in [6.07, 6.45) is 7.26. The summed E-state index contributed by atoms with van der Waals surface area (Å²) in [6.45, 7) is 8.34. The van der Waals surface area contributed by atoms with Gasteiger partial charge in [-0.3, -0.25) is 0 Å². The first-order chi connectivity index (χ1) is 9.65. The molecular weight excluding hydrogens is 252 g/mol. The molecule has 0 aliphatic rings. The van der Waals surface area contributed by atoms with E-state index in [1.54, 1.807) is 7.11 Å². The Morgan fingerprint density at radius 2 is 2.15 bits per heavy atom. The number of aryl methyl sites for hydroxylation is 1. The second kappa shape index (κ2) is 9.77. The number of unbranched alkanes of at least 4 members (excludes halogenated alkanes) is 1. The minimum Gasteiger partial charge on any atom is -0.385 e. The third-order valence-electron chi connectivity index (χ3n) is 3.57. The normalized spacial score (nSPS) is 11.5. The molecular formula is C15H30N4O. The molecule has 0 radical (unpaired) electrons. The number of aromatic nitrogens is 2. The minimum absolute atomic E-state index is 0.627. The van der Waals surface area contributed by atoms with Crippen molar-refractivity contribution < 1.29 is 4.74 Å². The lowest BCUT2D eigenvalue weighted by Crippen LogP contribution is -2.27. The van der Waals surface area contributed by atoms with E-state index in [2.05, 4.69) is 40.7 Å². The summed E-state index contributed by atoms with van der Waals surface area (Å²) in [5, 5.41) is 3.42. The molecule has 0 saturated heterocycles. The summed E-state index contributed by atoms with van der Waals surface area (Å²) < 4.78 is 7.23. The maximum atomic E-state index is 5.08. The highest BCUT2D eigenvalue weighted by Gasteiger charge is 2.03. The summed E-state index contributed by atoms with van der Waals surface area (Å²) >= 11 is 0. The third-order valence-corrected chi connectivity index (χ3v) is 3.57. The van der Waals surface area contributed by atoms with E-state index in [1.165, 1.54) is 12.8 Å². The van der Waals surface area contributed by atoms with Crippen LogP contribution in [-0.4, -0.2) is 54.3 Å². The van der Waals surface area contributed by atoms with Crippen LogP contribution in [0.2, 0.25) is 0 Å². The molecule has 1 aromatic heterocycles. The van der Waals surface area contributed by atoms with Crippen LogP contribution in [0.15, 0.2) is 12.4 Å². The average molecular weight is 282 g/mol. The quantitative estimate of drug-likeness (QED) is 0.633. The molecule has 5 nitrogen and oxygen atoms in total. The topological polar surface area (TPSA) is 42.3 Å². The Morgan fingerprint density at radius 3 is 2.85 bits per heavy atom. The van der Waals surface area contributed by atoms with Gasteiger partial charge in [-0.15, -0.1) is 0 Å². The van der Waals surface area contributed by atoms with Crippen molar-refractivity contribution in [3.05, 3.63) is 12.4 Å². The van der Waals surface area contributed by atoms with Crippen molar-refractivity contribution in [1.29, 1.82) is 0 Å². The zero-order valence-corrected chi connectivity index (χ0v) is 13.4. The van der Waals surface area contributed by atoms with Gasteiger partial charge in [0.05, 0.1) is 0 Å². The third kappa shape index (κ3) is 6.39. The van der Waals surface area contributed by atoms with E-state index in [1.807, 2.05) is 12.4 Å². The Morgan fingerprint density at radius 1 is 1.35 bits per heavy atom. The van der Waals surface area contributed by atoms with Gasteiger partial charge in [0.1, 0.15) is 0 Å². The van der Waals surface area contributed by atoms with Crippen LogP contribution >= 0.6 is 0 Å². The van der Waals surface area contributed by atoms with E-state index in [-0.39, 0.29) is 0 Å². The van der Waals surface area contributed by atoms with Crippen molar-refractivity contribution in [2.75, 3.05) is 39.2 Å². The number of anilines is 1. The standard InChI is InChI=1S/C15H30N4O/c1-14(2)18(3)10-6-5-8-16-15-17-9-12-19(15)11-7-13-20-4/h9,12,14H,5-8,10-11,13H2,1-4H3,(H,16,17). The molecule has 0 unspecified atom stereocenters. The molecule has 0 atom stereocenters. The van der Waals surface area contributed by atoms with Crippen LogP contribution in [0.1, 0.15) is 33.1 Å². The van der Waals surface area contributed by atoms with Gasteiger partial charge in [-0.1, -0.05) is 0 Å². The highest BCUT2D eigenvalue weighted by Crippen LogP contribution is 2.06. The maximum absolute atomic E-state index is 5.08. The van der Waals surface area contributed by atoms with E-state index >= 15 is 0 Å². The molecule has 5 heteroatoms. The van der Waals surface area contributed by atoms with Crippen LogP contribution in [-0.2, 0) is 11.3 Å². The van der Waals surface area contributed by atoms with E-state index in [0.717, 1.165) is 38.6 Å². The summed E-state index contributed by atoms with van der Waals surface area (Å²) in [6, 6.07) is 0.627. The Bertz CT molecular complexity index is 351. The number of methoxy groups -OCH3 is 1. The van der Waals surface area contributed by atoms with Crippen molar-refractivity contribution in [1.82, 2.24) is 14.5 Å². The summed E-state index contributed by atoms with van der Waals surface area (Å²) in [4.78, 5) is 6.74. The van der Waals surface area contributed by atoms with Crippen molar-refractivity contribution >= 4 is 5.95 Å². The van der Waals surface area contributed by atoms with E-state index in [4.69, 9.17) is 4.74 Å². The highest BCUT2D eigenvalue weighted by atomic mass is 16.5. The zero-order valence-electron chi connectivity index (χ0n) is 13.4. The number of ether oxygens (including phenoxy) is 1. The fourth-order valence-electron chi connectivity index (χ4n) is 1.98. The predicted octanol–water partition coefficient (Wildman–Crippen LogP) is 2.45. The lowest BCUT2D eigenvalue weighted by molar-refractivity contribution is 0.190. The van der Waals surface area contributed by atoms with Gasteiger partial charge < -0.3 is 19.5 Å². The van der Waals surface area contributed by atoms with E-state index in [9.17, 15) is 0 Å². The monoisotopic (exact) mass is 282 g/mol. The lowest BCUT2D eigenvalue weighted by atomic mass is 10.2. The molecule has 0 aliphatic carbocycles. The van der Waals surface area contributed by atoms with Gasteiger partial charge in [-0.25, -0.2) is 4.98 Å². The molecule has 1 rings (SSSR count). The van der Waals surface area contributed by atoms with Crippen LogP contribution in [0.3, 0.4) is 0 Å². The molecule has 0 aliphatic heterocycles. The molecule has 0 saturated carbocycles. The van der Waals surface area contributed by atoms with Gasteiger partial charge in [0, 0.05) is 45.2 Å². The van der Waals surface area contributed by atoms with E-state index < -0.39 is 0 Å². The second-order valence-electron chi connectivity index (χ2n) is 5.50. The maximum Gasteiger partial charge on any atom is 0.202 e. The van der Waals surface area contributed by atoms with Crippen LogP contribution in [0.25, 0.3) is 0 Å². The Kier molecular flexibility index (Phi) is 8.30. The van der Waals surface area contributed by atoms with Gasteiger partial charge in [-0.05, 0) is 46.7 Å². The number of hydrogen-bond donors (Lipinski definition) is 1. The van der Waals surface area contributed by atoms with Crippen molar-refractivity contribution in [2.24, 2.45) is 0 Å². The van der Waals surface area contributed by atoms with Gasteiger partial charge >= 0.3 is 0 Å². The smallest absolute Gasteiger partial charge is 0.202 e. The number of nitrogens with one attached hydrogen (secondary N) is 1. The zero-order chi connectivity index (χ0) is 14.8. The fraction of sp³-hybridized carbons (Fsp3) is 0.800. The molecule has 1 N–H and O–H groups in total. The minimum atomic E-state index is 0.627. The summed E-state index contributed by atoms with van der Waals surface area (Å²) in [7, 11) is 3.92. The number of hydrogen-bond acceptors (Lipinski definition) is 4. The lowest BCUT2D eigenvalue weighted by Gasteiger charge is -2.20. The first kappa shape index (κ1) is 17.0. The molecule has 1 aromatic rings. The average Bonchev–Trinajstić information content (AvgIpc) is 2.86. The van der Waals surface area contributed by atoms with Gasteiger partial charge in [0.25, 0.3) is 0 Å². The van der Waals surface area contributed by atoms with Crippen LogP contribution in [0.5, 0.6) is 0 Å². The first-order valence-electron chi connectivity index (χ1n) is 7.59. The largest absolute Gasteiger partial charge is 0.385 e. The van der Waals surface area contributed by atoms with Gasteiger partial charge in [0.2, 0.25) is 5.95 Å². The Labute approximate surface area is 123 Å². The SMILES string of the molecule is COCCCn1ccnc1NCCCCN(C)C(C)C.